The number of aryl methyl sites for hydroxylation is 1. The molecule has 0 unspecified atom stereocenters. The third kappa shape index (κ3) is 3.11. The maximum Gasteiger partial charge on any atom is 0.249 e. The number of nitrogens with two attached hydrogens (primary N) is 1. The highest BCUT2D eigenvalue weighted by molar-refractivity contribution is 7.10. The Kier molecular flexibility index (Phi) is 3.50. The minimum atomic E-state index is -0.403. The molecule has 0 aromatic carbocycles. The van der Waals surface area contributed by atoms with Crippen molar-refractivity contribution in [3.05, 3.63) is 33.6 Å². The predicted octanol–water partition coefficient (Wildman–Crippen LogP) is 0.828. The Morgan fingerprint density at radius 2 is 2.41 bits per heavy atom. The van der Waals surface area contributed by atoms with Crippen LogP contribution in [0, 0.1) is 6.92 Å². The largest absolute Gasteiger partial charge is 0.366 e. The molecule has 7 heteroatoms. The zero-order chi connectivity index (χ0) is 12.3. The maximum atomic E-state index is 10.9. The van der Waals surface area contributed by atoms with Gasteiger partial charge in [0.2, 0.25) is 11.8 Å². The summed E-state index contributed by atoms with van der Waals surface area (Å²) < 4.78 is 4.95. The van der Waals surface area contributed by atoms with Crippen molar-refractivity contribution in [3.8, 4) is 0 Å². The van der Waals surface area contributed by atoms with Gasteiger partial charge in [-0.25, -0.2) is 0 Å². The number of nitrogens with one attached hydrogen (secondary N) is 1. The third-order valence-electron chi connectivity index (χ3n) is 2.08. The number of aromatic nitrogens is 2. The van der Waals surface area contributed by atoms with Crippen LogP contribution in [0.1, 0.15) is 27.0 Å². The summed E-state index contributed by atoms with van der Waals surface area (Å²) in [7, 11) is 0. The summed E-state index contributed by atoms with van der Waals surface area (Å²) in [4.78, 5) is 16.0. The van der Waals surface area contributed by atoms with Crippen molar-refractivity contribution in [1.29, 1.82) is 0 Å². The molecule has 2 aromatic rings. The van der Waals surface area contributed by atoms with Crippen molar-refractivity contribution >= 4 is 17.2 Å². The summed E-state index contributed by atoms with van der Waals surface area (Å²) in [5.74, 6) is 0.767. The Balaban J connectivity index is 1.83. The quantitative estimate of drug-likeness (QED) is 0.822. The molecular formula is C10H12N4O2S. The van der Waals surface area contributed by atoms with Crippen molar-refractivity contribution in [3.63, 3.8) is 0 Å². The highest BCUT2D eigenvalue weighted by Crippen LogP contribution is 2.13. The molecule has 0 aliphatic rings. The summed E-state index contributed by atoms with van der Waals surface area (Å²) >= 11 is 1.49. The minimum Gasteiger partial charge on any atom is -0.366 e. The van der Waals surface area contributed by atoms with Crippen LogP contribution in [0.2, 0.25) is 0 Å². The number of nitrogens with zero attached hydrogens (tertiary/aromatic N) is 2. The third-order valence-corrected chi connectivity index (χ3v) is 3.02. The number of hydrogen-bond donors (Lipinski definition) is 2. The molecule has 0 fully saturated rings. The molecule has 2 aromatic heterocycles. The van der Waals surface area contributed by atoms with E-state index in [-0.39, 0.29) is 0 Å². The first-order chi connectivity index (χ1) is 8.15. The summed E-state index contributed by atoms with van der Waals surface area (Å²) in [5.41, 5.74) is 5.71. The predicted molar refractivity (Wildman–Crippen MR) is 62.4 cm³/mol. The van der Waals surface area contributed by atoms with Crippen LogP contribution < -0.4 is 11.1 Å². The first-order valence-electron chi connectivity index (χ1n) is 5.02. The average molecular weight is 252 g/mol. The van der Waals surface area contributed by atoms with Gasteiger partial charge in [0.1, 0.15) is 0 Å². The van der Waals surface area contributed by atoms with Gasteiger partial charge in [0, 0.05) is 16.8 Å². The number of carbonyl (C=O) groups excluding carboxylic acids is 1. The maximum absolute atomic E-state index is 10.9. The minimum absolute atomic E-state index is 0.403. The Bertz CT molecular complexity index is 520. The highest BCUT2D eigenvalue weighted by Gasteiger charge is 2.05. The Morgan fingerprint density at radius 1 is 1.59 bits per heavy atom. The molecule has 0 spiro atoms. The zero-order valence-electron chi connectivity index (χ0n) is 9.27. The SMILES string of the molecule is Cc1noc(CNCc2cc(C(N)=O)cs2)n1. The second kappa shape index (κ2) is 5.07. The van der Waals surface area contributed by atoms with E-state index >= 15 is 0 Å². The van der Waals surface area contributed by atoms with Crippen LogP contribution in [0.5, 0.6) is 0 Å². The Labute approximate surface area is 102 Å². The number of rotatable bonds is 5. The number of primary amides is 1. The van der Waals surface area contributed by atoms with Gasteiger partial charge in [0.05, 0.1) is 12.1 Å². The summed E-state index contributed by atoms with van der Waals surface area (Å²) in [6.45, 7) is 2.91. The van der Waals surface area contributed by atoms with E-state index in [1.54, 1.807) is 18.4 Å². The number of hydrogen-bond acceptors (Lipinski definition) is 6. The summed E-state index contributed by atoms with van der Waals surface area (Å²) in [5, 5.41) is 8.58. The average Bonchev–Trinajstić information content (AvgIpc) is 2.88. The van der Waals surface area contributed by atoms with Crippen molar-refractivity contribution in [1.82, 2.24) is 15.5 Å². The molecule has 0 radical (unpaired) electrons. The van der Waals surface area contributed by atoms with E-state index in [0.717, 1.165) is 4.88 Å². The molecule has 0 saturated carbocycles. The van der Waals surface area contributed by atoms with Crippen molar-refractivity contribution < 1.29 is 9.32 Å². The molecule has 2 heterocycles. The number of carbonyl (C=O) groups is 1. The molecule has 1 amide bonds. The summed E-state index contributed by atoms with van der Waals surface area (Å²) in [6, 6.07) is 1.78. The van der Waals surface area contributed by atoms with Crippen LogP contribution in [-0.2, 0) is 13.1 Å². The van der Waals surface area contributed by atoms with Crippen LogP contribution >= 0.6 is 11.3 Å². The van der Waals surface area contributed by atoms with Gasteiger partial charge in [-0.3, -0.25) is 4.79 Å². The zero-order valence-corrected chi connectivity index (χ0v) is 10.1. The highest BCUT2D eigenvalue weighted by atomic mass is 32.1. The van der Waals surface area contributed by atoms with Gasteiger partial charge in [-0.15, -0.1) is 11.3 Å². The van der Waals surface area contributed by atoms with E-state index in [9.17, 15) is 4.79 Å². The van der Waals surface area contributed by atoms with Crippen molar-refractivity contribution in [2.75, 3.05) is 0 Å². The first-order valence-corrected chi connectivity index (χ1v) is 5.90. The van der Waals surface area contributed by atoms with Gasteiger partial charge in [0.25, 0.3) is 0 Å². The van der Waals surface area contributed by atoms with Crippen LogP contribution in [0.4, 0.5) is 0 Å². The van der Waals surface area contributed by atoms with E-state index in [1.165, 1.54) is 11.3 Å². The lowest BCUT2D eigenvalue weighted by molar-refractivity contribution is 0.100. The van der Waals surface area contributed by atoms with Gasteiger partial charge >= 0.3 is 0 Å². The fourth-order valence-corrected chi connectivity index (χ4v) is 2.15. The second-order valence-corrected chi connectivity index (χ2v) is 4.50. The van der Waals surface area contributed by atoms with Gasteiger partial charge in [-0.05, 0) is 13.0 Å². The molecule has 0 bridgehead atoms. The van der Waals surface area contributed by atoms with Crippen LogP contribution in [-0.4, -0.2) is 16.0 Å². The Morgan fingerprint density at radius 3 is 3.00 bits per heavy atom. The molecule has 0 atom stereocenters. The topological polar surface area (TPSA) is 94.0 Å². The molecule has 2 rings (SSSR count). The molecule has 6 nitrogen and oxygen atoms in total. The normalized spacial score (nSPS) is 10.6. The Hall–Kier alpha value is -1.73. The van der Waals surface area contributed by atoms with E-state index in [1.807, 2.05) is 0 Å². The van der Waals surface area contributed by atoms with Crippen LogP contribution in [0.15, 0.2) is 16.0 Å². The number of thiophene rings is 1. The lowest BCUT2D eigenvalue weighted by atomic mass is 10.3. The standard InChI is InChI=1S/C10H12N4O2S/c1-6-13-9(16-14-6)4-12-3-8-2-7(5-17-8)10(11)15/h2,5,12H,3-4H2,1H3,(H2,11,15). The molecule has 0 saturated heterocycles. The lowest BCUT2D eigenvalue weighted by Gasteiger charge is -1.97. The molecule has 17 heavy (non-hydrogen) atoms. The fraction of sp³-hybridized carbons (Fsp3) is 0.300. The van der Waals surface area contributed by atoms with Gasteiger partial charge < -0.3 is 15.6 Å². The van der Waals surface area contributed by atoms with Gasteiger partial charge in [0.15, 0.2) is 5.82 Å². The van der Waals surface area contributed by atoms with Crippen LogP contribution in [0.3, 0.4) is 0 Å². The smallest absolute Gasteiger partial charge is 0.249 e. The van der Waals surface area contributed by atoms with E-state index in [2.05, 4.69) is 15.5 Å². The lowest BCUT2D eigenvalue weighted by Crippen LogP contribution is -2.12. The van der Waals surface area contributed by atoms with Crippen molar-refractivity contribution in [2.45, 2.75) is 20.0 Å². The van der Waals surface area contributed by atoms with E-state index in [0.29, 0.717) is 30.4 Å². The monoisotopic (exact) mass is 252 g/mol. The van der Waals surface area contributed by atoms with Crippen LogP contribution in [0.25, 0.3) is 0 Å². The molecule has 0 aliphatic heterocycles. The fourth-order valence-electron chi connectivity index (χ4n) is 1.31. The molecule has 3 N–H and O–H groups in total. The molecule has 90 valence electrons. The van der Waals surface area contributed by atoms with E-state index in [4.69, 9.17) is 10.3 Å². The second-order valence-electron chi connectivity index (χ2n) is 3.50. The first kappa shape index (κ1) is 11.7. The van der Waals surface area contributed by atoms with Gasteiger partial charge in [-0.1, -0.05) is 5.16 Å². The number of amides is 1. The molecule has 0 aliphatic carbocycles. The van der Waals surface area contributed by atoms with E-state index < -0.39 is 5.91 Å². The summed E-state index contributed by atoms with van der Waals surface area (Å²) in [6.07, 6.45) is 0. The van der Waals surface area contributed by atoms with Crippen molar-refractivity contribution in [2.24, 2.45) is 5.73 Å². The molecular weight excluding hydrogens is 240 g/mol. The van der Waals surface area contributed by atoms with Gasteiger partial charge in [-0.2, -0.15) is 4.98 Å².